The summed E-state index contributed by atoms with van der Waals surface area (Å²) in [6.07, 6.45) is 3.50. The molecule has 5 nitrogen and oxygen atoms in total. The maximum Gasteiger partial charge on any atom is 0.339 e. The van der Waals surface area contributed by atoms with Gasteiger partial charge in [-0.05, 0) is 44.0 Å². The molecule has 0 spiro atoms. The fraction of sp³-hybridized carbons (Fsp3) is 0.333. The monoisotopic (exact) mass is 272 g/mol. The minimum Gasteiger partial charge on any atom is -0.494 e. The second-order valence-electron chi connectivity index (χ2n) is 4.86. The lowest BCUT2D eigenvalue weighted by Crippen LogP contribution is -2.05. The van der Waals surface area contributed by atoms with Gasteiger partial charge in [-0.2, -0.15) is 5.10 Å². The molecule has 0 saturated heterocycles. The van der Waals surface area contributed by atoms with E-state index in [4.69, 9.17) is 4.74 Å². The first-order valence-electron chi connectivity index (χ1n) is 6.75. The molecule has 1 aromatic carbocycles. The van der Waals surface area contributed by atoms with Crippen LogP contribution in [0.5, 0.6) is 5.75 Å². The molecule has 104 valence electrons. The first-order valence-corrected chi connectivity index (χ1v) is 6.75. The molecule has 1 N–H and O–H groups in total. The van der Waals surface area contributed by atoms with Crippen molar-refractivity contribution in [3.05, 3.63) is 41.7 Å². The average Bonchev–Trinajstić information content (AvgIpc) is 3.18. The van der Waals surface area contributed by atoms with Crippen molar-refractivity contribution in [2.75, 3.05) is 6.61 Å². The summed E-state index contributed by atoms with van der Waals surface area (Å²) < 4.78 is 7.14. The van der Waals surface area contributed by atoms with Gasteiger partial charge in [0.25, 0.3) is 0 Å². The highest BCUT2D eigenvalue weighted by molar-refractivity contribution is 5.89. The van der Waals surface area contributed by atoms with Crippen LogP contribution in [0.4, 0.5) is 0 Å². The van der Waals surface area contributed by atoms with Gasteiger partial charge in [0.15, 0.2) is 0 Å². The zero-order valence-corrected chi connectivity index (χ0v) is 11.2. The molecule has 0 amide bonds. The van der Waals surface area contributed by atoms with Crippen LogP contribution in [0, 0.1) is 0 Å². The van der Waals surface area contributed by atoms with Gasteiger partial charge in [0.1, 0.15) is 11.3 Å². The molecule has 1 fully saturated rings. The summed E-state index contributed by atoms with van der Waals surface area (Å²) in [4.78, 5) is 11.3. The lowest BCUT2D eigenvalue weighted by Gasteiger charge is -2.09. The molecular formula is C15H16N2O3. The number of nitrogens with zero attached hydrogens (tertiary/aromatic N) is 2. The SMILES string of the molecule is CCOc1ccc(-n2ncc(C(=O)O)c2C2CC2)cc1. The topological polar surface area (TPSA) is 64.4 Å². The van der Waals surface area contributed by atoms with Crippen molar-refractivity contribution in [3.63, 3.8) is 0 Å². The second kappa shape index (κ2) is 5.00. The van der Waals surface area contributed by atoms with E-state index in [-0.39, 0.29) is 0 Å². The third kappa shape index (κ3) is 2.27. The number of aromatic carboxylic acids is 1. The molecule has 1 aliphatic carbocycles. The summed E-state index contributed by atoms with van der Waals surface area (Å²) >= 11 is 0. The Morgan fingerprint density at radius 3 is 2.65 bits per heavy atom. The maximum atomic E-state index is 11.3. The smallest absolute Gasteiger partial charge is 0.339 e. The Balaban J connectivity index is 1.99. The van der Waals surface area contributed by atoms with Gasteiger partial charge in [0, 0.05) is 5.92 Å². The molecule has 1 aliphatic rings. The molecule has 0 unspecified atom stereocenters. The Hall–Kier alpha value is -2.30. The van der Waals surface area contributed by atoms with Gasteiger partial charge in [-0.25, -0.2) is 9.48 Å². The summed E-state index contributed by atoms with van der Waals surface area (Å²) in [6.45, 7) is 2.56. The quantitative estimate of drug-likeness (QED) is 0.909. The summed E-state index contributed by atoms with van der Waals surface area (Å²) in [7, 11) is 0. The van der Waals surface area contributed by atoms with E-state index in [1.165, 1.54) is 6.20 Å². The van der Waals surface area contributed by atoms with Gasteiger partial charge in [-0.1, -0.05) is 0 Å². The molecule has 2 aromatic rings. The summed E-state index contributed by atoms with van der Waals surface area (Å²) in [6, 6.07) is 7.54. The Labute approximate surface area is 116 Å². The highest BCUT2D eigenvalue weighted by Crippen LogP contribution is 2.42. The van der Waals surface area contributed by atoms with Crippen molar-refractivity contribution in [1.29, 1.82) is 0 Å². The molecule has 0 bridgehead atoms. The van der Waals surface area contributed by atoms with Gasteiger partial charge >= 0.3 is 5.97 Å². The molecule has 3 rings (SSSR count). The van der Waals surface area contributed by atoms with Crippen molar-refractivity contribution >= 4 is 5.97 Å². The predicted molar refractivity (Wildman–Crippen MR) is 73.7 cm³/mol. The van der Waals surface area contributed by atoms with E-state index in [1.54, 1.807) is 4.68 Å². The number of benzene rings is 1. The predicted octanol–water partition coefficient (Wildman–Crippen LogP) is 2.85. The zero-order chi connectivity index (χ0) is 14.1. The van der Waals surface area contributed by atoms with Crippen LogP contribution in [0.2, 0.25) is 0 Å². The number of aromatic nitrogens is 2. The maximum absolute atomic E-state index is 11.3. The number of ether oxygens (including phenoxy) is 1. The van der Waals surface area contributed by atoms with Crippen molar-refractivity contribution in [2.24, 2.45) is 0 Å². The summed E-state index contributed by atoms with van der Waals surface area (Å²) in [5.41, 5.74) is 1.98. The van der Waals surface area contributed by atoms with Crippen molar-refractivity contribution in [2.45, 2.75) is 25.7 Å². The van der Waals surface area contributed by atoms with Crippen LogP contribution in [0.1, 0.15) is 41.7 Å². The molecule has 0 radical (unpaired) electrons. The molecular weight excluding hydrogens is 256 g/mol. The molecule has 1 saturated carbocycles. The normalized spacial score (nSPS) is 14.2. The molecule has 0 atom stereocenters. The first kappa shape index (κ1) is 12.7. The van der Waals surface area contributed by atoms with E-state index in [0.29, 0.717) is 18.1 Å². The Kier molecular flexibility index (Phi) is 3.18. The first-order chi connectivity index (χ1) is 9.70. The van der Waals surface area contributed by atoms with E-state index >= 15 is 0 Å². The highest BCUT2D eigenvalue weighted by atomic mass is 16.5. The molecule has 5 heteroatoms. The largest absolute Gasteiger partial charge is 0.494 e. The minimum absolute atomic E-state index is 0.307. The van der Waals surface area contributed by atoms with Gasteiger partial charge in [0.2, 0.25) is 0 Å². The molecule has 1 heterocycles. The van der Waals surface area contributed by atoms with E-state index in [9.17, 15) is 9.90 Å². The fourth-order valence-electron chi connectivity index (χ4n) is 2.33. The third-order valence-electron chi connectivity index (χ3n) is 3.39. The number of hydrogen-bond acceptors (Lipinski definition) is 3. The number of hydrogen-bond donors (Lipinski definition) is 1. The summed E-state index contributed by atoms with van der Waals surface area (Å²) in [5.74, 6) is 0.203. The average molecular weight is 272 g/mol. The van der Waals surface area contributed by atoms with Crippen LogP contribution in [0.15, 0.2) is 30.5 Å². The van der Waals surface area contributed by atoms with Gasteiger partial charge in [-0.15, -0.1) is 0 Å². The van der Waals surface area contributed by atoms with Gasteiger partial charge in [-0.3, -0.25) is 0 Å². The van der Waals surface area contributed by atoms with Gasteiger partial charge in [0.05, 0.1) is 24.2 Å². The lowest BCUT2D eigenvalue weighted by molar-refractivity contribution is 0.0695. The van der Waals surface area contributed by atoms with E-state index in [0.717, 1.165) is 30.0 Å². The van der Waals surface area contributed by atoms with Crippen LogP contribution in [0.3, 0.4) is 0 Å². The molecule has 20 heavy (non-hydrogen) atoms. The Morgan fingerprint density at radius 1 is 1.40 bits per heavy atom. The standard InChI is InChI=1S/C15H16N2O3/c1-2-20-12-7-5-11(6-8-12)17-14(10-3-4-10)13(9-16-17)15(18)19/h5-10H,2-4H2,1H3,(H,18,19). The number of carboxylic acids is 1. The van der Waals surface area contributed by atoms with Crippen LogP contribution in [-0.2, 0) is 0 Å². The van der Waals surface area contributed by atoms with Crippen molar-refractivity contribution in [3.8, 4) is 11.4 Å². The Morgan fingerprint density at radius 2 is 2.10 bits per heavy atom. The van der Waals surface area contributed by atoms with Crippen LogP contribution in [0.25, 0.3) is 5.69 Å². The fourth-order valence-corrected chi connectivity index (χ4v) is 2.33. The number of carboxylic acid groups (broad SMARTS) is 1. The van der Waals surface area contributed by atoms with E-state index in [2.05, 4.69) is 5.10 Å². The highest BCUT2D eigenvalue weighted by Gasteiger charge is 2.32. The van der Waals surface area contributed by atoms with Crippen molar-refractivity contribution in [1.82, 2.24) is 9.78 Å². The molecule has 1 aromatic heterocycles. The van der Waals surface area contributed by atoms with E-state index < -0.39 is 5.97 Å². The van der Waals surface area contributed by atoms with E-state index in [1.807, 2.05) is 31.2 Å². The summed E-state index contributed by atoms with van der Waals surface area (Å²) in [5, 5.41) is 13.5. The third-order valence-corrected chi connectivity index (χ3v) is 3.39. The van der Waals surface area contributed by atoms with Crippen LogP contribution >= 0.6 is 0 Å². The second-order valence-corrected chi connectivity index (χ2v) is 4.86. The van der Waals surface area contributed by atoms with Crippen LogP contribution in [-0.4, -0.2) is 27.5 Å². The Bertz CT molecular complexity index is 627. The number of rotatable bonds is 5. The molecule has 0 aliphatic heterocycles. The van der Waals surface area contributed by atoms with Crippen molar-refractivity contribution < 1.29 is 14.6 Å². The zero-order valence-electron chi connectivity index (χ0n) is 11.2. The van der Waals surface area contributed by atoms with Gasteiger partial charge < -0.3 is 9.84 Å². The number of carbonyl (C=O) groups is 1. The minimum atomic E-state index is -0.913. The van der Waals surface area contributed by atoms with Crippen LogP contribution < -0.4 is 4.74 Å². The lowest BCUT2D eigenvalue weighted by atomic mass is 10.1.